The number of hydrogen-bond donors (Lipinski definition) is 1. The van der Waals surface area contributed by atoms with Crippen molar-refractivity contribution in [2.75, 3.05) is 6.54 Å². The maximum Gasteiger partial charge on any atom is 0.254 e. The first kappa shape index (κ1) is 9.21. The van der Waals surface area contributed by atoms with Crippen LogP contribution in [-0.4, -0.2) is 28.6 Å². The van der Waals surface area contributed by atoms with E-state index in [0.29, 0.717) is 13.1 Å². The number of β-amino-alcohol motifs (C(OH)–C–C–N with tert-alkyl or cyclic N) is 1. The van der Waals surface area contributed by atoms with Crippen LogP contribution in [0.3, 0.4) is 0 Å². The Morgan fingerprint density at radius 3 is 2.86 bits per heavy atom. The van der Waals surface area contributed by atoms with Crippen molar-refractivity contribution in [1.29, 1.82) is 0 Å². The van der Waals surface area contributed by atoms with Gasteiger partial charge in [0, 0.05) is 18.7 Å². The molecule has 1 aromatic carbocycles. The second kappa shape index (κ2) is 3.42. The average molecular weight is 191 g/mol. The fraction of sp³-hybridized carbons (Fsp3) is 0.364. The molecule has 0 aromatic heterocycles. The molecule has 3 heteroatoms. The lowest BCUT2D eigenvalue weighted by Gasteiger charge is -2.16. The summed E-state index contributed by atoms with van der Waals surface area (Å²) in [6.07, 6.45) is -0.465. The molecule has 0 aliphatic carbocycles. The molecule has 0 saturated carbocycles. The van der Waals surface area contributed by atoms with Crippen LogP contribution in [-0.2, 0) is 6.54 Å². The van der Waals surface area contributed by atoms with E-state index in [1.807, 2.05) is 24.3 Å². The molecular formula is C11H13NO2. The topological polar surface area (TPSA) is 40.5 Å². The molecule has 1 unspecified atom stereocenters. The van der Waals surface area contributed by atoms with Crippen LogP contribution in [0.4, 0.5) is 0 Å². The quantitative estimate of drug-likeness (QED) is 0.758. The lowest BCUT2D eigenvalue weighted by Crippen LogP contribution is -2.31. The minimum absolute atomic E-state index is 0.0292. The first-order valence-corrected chi connectivity index (χ1v) is 4.73. The number of carbonyl (C=O) groups excluding carboxylic acids is 1. The summed E-state index contributed by atoms with van der Waals surface area (Å²) >= 11 is 0. The Balaban J connectivity index is 2.21. The van der Waals surface area contributed by atoms with Gasteiger partial charge in [-0.25, -0.2) is 0 Å². The minimum atomic E-state index is -0.465. The summed E-state index contributed by atoms with van der Waals surface area (Å²) in [6, 6.07) is 7.58. The van der Waals surface area contributed by atoms with Crippen molar-refractivity contribution in [3.63, 3.8) is 0 Å². The molecule has 14 heavy (non-hydrogen) atoms. The molecule has 1 aliphatic heterocycles. The Morgan fingerprint density at radius 2 is 2.21 bits per heavy atom. The zero-order chi connectivity index (χ0) is 10.1. The van der Waals surface area contributed by atoms with E-state index in [-0.39, 0.29) is 5.91 Å². The number of benzene rings is 1. The van der Waals surface area contributed by atoms with E-state index in [1.54, 1.807) is 11.8 Å². The van der Waals surface area contributed by atoms with Gasteiger partial charge in [0.2, 0.25) is 0 Å². The molecule has 0 bridgehead atoms. The summed E-state index contributed by atoms with van der Waals surface area (Å²) in [6.45, 7) is 2.73. The largest absolute Gasteiger partial charge is 0.392 e. The molecule has 1 heterocycles. The van der Waals surface area contributed by atoms with Gasteiger partial charge >= 0.3 is 0 Å². The van der Waals surface area contributed by atoms with Gasteiger partial charge in [0.25, 0.3) is 5.91 Å². The van der Waals surface area contributed by atoms with Gasteiger partial charge in [0.1, 0.15) is 0 Å². The number of carbonyl (C=O) groups is 1. The van der Waals surface area contributed by atoms with E-state index >= 15 is 0 Å². The van der Waals surface area contributed by atoms with E-state index in [4.69, 9.17) is 0 Å². The molecule has 1 aliphatic rings. The summed E-state index contributed by atoms with van der Waals surface area (Å²) in [4.78, 5) is 13.4. The van der Waals surface area contributed by atoms with E-state index in [9.17, 15) is 9.90 Å². The third-order valence-electron chi connectivity index (χ3n) is 2.38. The van der Waals surface area contributed by atoms with Crippen LogP contribution >= 0.6 is 0 Å². The highest BCUT2D eigenvalue weighted by Gasteiger charge is 2.26. The van der Waals surface area contributed by atoms with Crippen molar-refractivity contribution >= 4 is 5.91 Å². The summed E-state index contributed by atoms with van der Waals surface area (Å²) in [5, 5.41) is 9.22. The van der Waals surface area contributed by atoms with Crippen LogP contribution < -0.4 is 0 Å². The molecule has 1 atom stereocenters. The molecule has 0 saturated heterocycles. The van der Waals surface area contributed by atoms with Gasteiger partial charge in [-0.1, -0.05) is 18.2 Å². The molecule has 0 radical (unpaired) electrons. The van der Waals surface area contributed by atoms with Crippen LogP contribution in [0.1, 0.15) is 22.8 Å². The van der Waals surface area contributed by atoms with Crippen LogP contribution in [0, 0.1) is 0 Å². The van der Waals surface area contributed by atoms with Gasteiger partial charge in [0.05, 0.1) is 6.10 Å². The number of nitrogens with zero attached hydrogens (tertiary/aromatic N) is 1. The van der Waals surface area contributed by atoms with Crippen LogP contribution in [0.5, 0.6) is 0 Å². The fourth-order valence-electron chi connectivity index (χ4n) is 1.78. The predicted octanol–water partition coefficient (Wildman–Crippen LogP) is 1.02. The molecule has 2 rings (SSSR count). The van der Waals surface area contributed by atoms with Crippen molar-refractivity contribution in [2.24, 2.45) is 0 Å². The Kier molecular flexibility index (Phi) is 2.25. The number of aliphatic hydroxyl groups excluding tert-OH is 1. The molecule has 74 valence electrons. The number of fused-ring (bicyclic) bond motifs is 1. The highest BCUT2D eigenvalue weighted by atomic mass is 16.3. The smallest absolute Gasteiger partial charge is 0.254 e. The maximum absolute atomic E-state index is 11.7. The summed E-state index contributed by atoms with van der Waals surface area (Å²) in [5.41, 5.74) is 1.83. The third-order valence-corrected chi connectivity index (χ3v) is 2.38. The molecule has 1 N–H and O–H groups in total. The highest BCUT2D eigenvalue weighted by Crippen LogP contribution is 2.21. The summed E-state index contributed by atoms with van der Waals surface area (Å²) < 4.78 is 0. The first-order valence-electron chi connectivity index (χ1n) is 4.73. The maximum atomic E-state index is 11.7. The number of amides is 1. The summed E-state index contributed by atoms with van der Waals surface area (Å²) in [5.74, 6) is 0.0292. The molecule has 0 spiro atoms. The standard InChI is InChI=1S/C11H13NO2/c1-8(13)6-12-7-9-4-2-3-5-10(9)11(12)14/h2-5,8,13H,6-7H2,1H3. The van der Waals surface area contributed by atoms with Gasteiger partial charge in [-0.15, -0.1) is 0 Å². The minimum Gasteiger partial charge on any atom is -0.392 e. The zero-order valence-electron chi connectivity index (χ0n) is 8.10. The van der Waals surface area contributed by atoms with Crippen molar-refractivity contribution < 1.29 is 9.90 Å². The molecular weight excluding hydrogens is 178 g/mol. The highest BCUT2D eigenvalue weighted by molar-refractivity contribution is 5.98. The molecule has 1 amide bonds. The van der Waals surface area contributed by atoms with E-state index in [2.05, 4.69) is 0 Å². The fourth-order valence-corrected chi connectivity index (χ4v) is 1.78. The van der Waals surface area contributed by atoms with Crippen molar-refractivity contribution in [3.8, 4) is 0 Å². The normalized spacial score (nSPS) is 17.0. The van der Waals surface area contributed by atoms with Gasteiger partial charge in [-0.3, -0.25) is 4.79 Å². The lowest BCUT2D eigenvalue weighted by molar-refractivity contribution is 0.0672. The molecule has 3 nitrogen and oxygen atoms in total. The number of aliphatic hydroxyl groups is 1. The van der Waals surface area contributed by atoms with E-state index in [0.717, 1.165) is 11.1 Å². The SMILES string of the molecule is CC(O)CN1Cc2ccccc2C1=O. The van der Waals surface area contributed by atoms with Gasteiger partial charge in [-0.05, 0) is 18.6 Å². The Hall–Kier alpha value is -1.35. The van der Waals surface area contributed by atoms with Crippen LogP contribution in [0.15, 0.2) is 24.3 Å². The monoisotopic (exact) mass is 191 g/mol. The van der Waals surface area contributed by atoms with E-state index in [1.165, 1.54) is 0 Å². The first-order chi connectivity index (χ1) is 6.68. The van der Waals surface area contributed by atoms with Crippen molar-refractivity contribution in [2.45, 2.75) is 19.6 Å². The third kappa shape index (κ3) is 1.51. The number of rotatable bonds is 2. The Bertz CT molecular complexity index is 360. The van der Waals surface area contributed by atoms with Gasteiger partial charge in [-0.2, -0.15) is 0 Å². The van der Waals surface area contributed by atoms with Crippen LogP contribution in [0.25, 0.3) is 0 Å². The second-order valence-corrected chi connectivity index (χ2v) is 3.69. The number of hydrogen-bond acceptors (Lipinski definition) is 2. The predicted molar refractivity (Wildman–Crippen MR) is 52.9 cm³/mol. The van der Waals surface area contributed by atoms with Gasteiger partial charge in [0.15, 0.2) is 0 Å². The van der Waals surface area contributed by atoms with Crippen molar-refractivity contribution in [1.82, 2.24) is 4.90 Å². The molecule has 0 fully saturated rings. The average Bonchev–Trinajstić information content (AvgIpc) is 2.44. The second-order valence-electron chi connectivity index (χ2n) is 3.69. The van der Waals surface area contributed by atoms with Crippen molar-refractivity contribution in [3.05, 3.63) is 35.4 Å². The zero-order valence-corrected chi connectivity index (χ0v) is 8.10. The van der Waals surface area contributed by atoms with E-state index < -0.39 is 6.10 Å². The van der Waals surface area contributed by atoms with Crippen LogP contribution in [0.2, 0.25) is 0 Å². The lowest BCUT2D eigenvalue weighted by atomic mass is 10.1. The Labute approximate surface area is 83.0 Å². The Morgan fingerprint density at radius 1 is 1.50 bits per heavy atom. The summed E-state index contributed by atoms with van der Waals surface area (Å²) in [7, 11) is 0. The van der Waals surface area contributed by atoms with Gasteiger partial charge < -0.3 is 10.0 Å². The molecule has 1 aromatic rings.